The zero-order valence-electron chi connectivity index (χ0n) is 10.7. The van der Waals surface area contributed by atoms with E-state index in [1.807, 2.05) is 32.9 Å². The van der Waals surface area contributed by atoms with Crippen LogP contribution in [0.1, 0.15) is 26.3 Å². The highest BCUT2D eigenvalue weighted by molar-refractivity contribution is 6.09. The van der Waals surface area contributed by atoms with Gasteiger partial charge in [-0.05, 0) is 38.5 Å². The van der Waals surface area contributed by atoms with Crippen molar-refractivity contribution in [3.8, 4) is 0 Å². The van der Waals surface area contributed by atoms with Crippen LogP contribution in [-0.2, 0) is 10.2 Å². The second-order valence-corrected chi connectivity index (χ2v) is 5.18. The van der Waals surface area contributed by atoms with Gasteiger partial charge in [0.2, 0.25) is 5.91 Å². The van der Waals surface area contributed by atoms with Crippen LogP contribution in [0.4, 0.5) is 11.6 Å². The molecular formula is C13H16N4O. The molecule has 0 fully saturated rings. The molecule has 2 aromatic rings. The van der Waals surface area contributed by atoms with Crippen LogP contribution in [0, 0.1) is 0 Å². The standard InChI is InChI=1S/C13H16N4O/c1-4-17-10-6-9-8(15-12(14)16-9)5-7(10)13(2,3)11(17)18/h5-6H,4H2,1-3H3,(H3,14,15,16). The quantitative estimate of drug-likeness (QED) is 0.803. The van der Waals surface area contributed by atoms with Crippen LogP contribution in [0.5, 0.6) is 0 Å². The third kappa shape index (κ3) is 1.21. The monoisotopic (exact) mass is 244 g/mol. The first-order chi connectivity index (χ1) is 8.45. The highest BCUT2D eigenvalue weighted by Gasteiger charge is 2.43. The molecular weight excluding hydrogens is 228 g/mol. The summed E-state index contributed by atoms with van der Waals surface area (Å²) < 4.78 is 0. The van der Waals surface area contributed by atoms with Crippen LogP contribution in [0.25, 0.3) is 11.0 Å². The second-order valence-electron chi connectivity index (χ2n) is 5.18. The van der Waals surface area contributed by atoms with Gasteiger partial charge in [-0.15, -0.1) is 0 Å². The van der Waals surface area contributed by atoms with E-state index in [0.29, 0.717) is 12.5 Å². The molecule has 1 aromatic carbocycles. The lowest BCUT2D eigenvalue weighted by atomic mass is 9.86. The summed E-state index contributed by atoms with van der Waals surface area (Å²) in [5, 5.41) is 0. The SMILES string of the molecule is CCN1C(=O)C(C)(C)c2cc3[nH]c(N)nc3cc21. The van der Waals surface area contributed by atoms with Crippen LogP contribution in [-0.4, -0.2) is 22.4 Å². The first-order valence-electron chi connectivity index (χ1n) is 6.07. The molecule has 5 heteroatoms. The zero-order valence-corrected chi connectivity index (χ0v) is 10.7. The first kappa shape index (κ1) is 11.1. The minimum atomic E-state index is -0.487. The number of carbonyl (C=O) groups excluding carboxylic acids is 1. The Bertz CT molecular complexity index is 656. The maximum atomic E-state index is 12.4. The number of hydrogen-bond acceptors (Lipinski definition) is 3. The first-order valence-corrected chi connectivity index (χ1v) is 6.07. The molecule has 5 nitrogen and oxygen atoms in total. The van der Waals surface area contributed by atoms with Gasteiger partial charge in [-0.25, -0.2) is 4.98 Å². The molecule has 0 aliphatic carbocycles. The van der Waals surface area contributed by atoms with Crippen LogP contribution < -0.4 is 10.6 Å². The van der Waals surface area contributed by atoms with E-state index in [2.05, 4.69) is 9.97 Å². The van der Waals surface area contributed by atoms with E-state index in [4.69, 9.17) is 5.73 Å². The number of imidazole rings is 1. The number of aromatic nitrogens is 2. The normalized spacial score (nSPS) is 17.5. The predicted octanol–water partition coefficient (Wildman–Crippen LogP) is 1.79. The summed E-state index contributed by atoms with van der Waals surface area (Å²) >= 11 is 0. The van der Waals surface area contributed by atoms with Gasteiger partial charge in [0.1, 0.15) is 0 Å². The number of nitrogens with one attached hydrogen (secondary N) is 1. The van der Waals surface area contributed by atoms with E-state index in [0.717, 1.165) is 22.3 Å². The van der Waals surface area contributed by atoms with Crippen molar-refractivity contribution in [1.29, 1.82) is 0 Å². The molecule has 18 heavy (non-hydrogen) atoms. The van der Waals surface area contributed by atoms with Gasteiger partial charge in [0.15, 0.2) is 5.95 Å². The van der Waals surface area contributed by atoms with E-state index in [1.165, 1.54) is 0 Å². The van der Waals surface area contributed by atoms with Crippen LogP contribution in [0.3, 0.4) is 0 Å². The van der Waals surface area contributed by atoms with Gasteiger partial charge >= 0.3 is 0 Å². The number of anilines is 2. The van der Waals surface area contributed by atoms with Gasteiger partial charge in [0, 0.05) is 6.54 Å². The Kier molecular flexibility index (Phi) is 2.00. The number of aromatic amines is 1. The average molecular weight is 244 g/mol. The van der Waals surface area contributed by atoms with Crippen molar-refractivity contribution in [2.45, 2.75) is 26.2 Å². The summed E-state index contributed by atoms with van der Waals surface area (Å²) in [6, 6.07) is 3.93. The van der Waals surface area contributed by atoms with Crippen molar-refractivity contribution < 1.29 is 4.79 Å². The molecule has 0 bridgehead atoms. The predicted molar refractivity (Wildman–Crippen MR) is 71.6 cm³/mol. The summed E-state index contributed by atoms with van der Waals surface area (Å²) in [5.74, 6) is 0.543. The molecule has 1 aliphatic heterocycles. The topological polar surface area (TPSA) is 75.0 Å². The van der Waals surface area contributed by atoms with Crippen LogP contribution >= 0.6 is 0 Å². The molecule has 0 unspecified atom stereocenters. The van der Waals surface area contributed by atoms with E-state index in [1.54, 1.807) is 4.90 Å². The van der Waals surface area contributed by atoms with Crippen LogP contribution in [0.15, 0.2) is 12.1 Å². The maximum absolute atomic E-state index is 12.4. The van der Waals surface area contributed by atoms with Gasteiger partial charge < -0.3 is 15.6 Å². The molecule has 2 heterocycles. The molecule has 3 N–H and O–H groups in total. The Hall–Kier alpha value is -2.04. The lowest BCUT2D eigenvalue weighted by Crippen LogP contribution is -2.35. The highest BCUT2D eigenvalue weighted by Crippen LogP contribution is 2.43. The summed E-state index contributed by atoms with van der Waals surface area (Å²) in [6.07, 6.45) is 0. The fourth-order valence-electron chi connectivity index (χ4n) is 2.67. The fourth-order valence-corrected chi connectivity index (χ4v) is 2.67. The second kappa shape index (κ2) is 3.25. The number of nitrogen functional groups attached to an aromatic ring is 1. The molecule has 0 saturated heterocycles. The number of nitrogens with two attached hydrogens (primary N) is 1. The summed E-state index contributed by atoms with van der Waals surface area (Å²) in [5.41, 5.74) is 8.84. The number of H-pyrrole nitrogens is 1. The smallest absolute Gasteiger partial charge is 0.237 e. The van der Waals surface area contributed by atoms with Crippen LogP contribution in [0.2, 0.25) is 0 Å². The van der Waals surface area contributed by atoms with Crippen molar-refractivity contribution in [3.63, 3.8) is 0 Å². The van der Waals surface area contributed by atoms with Gasteiger partial charge in [-0.1, -0.05) is 0 Å². The maximum Gasteiger partial charge on any atom is 0.237 e. The zero-order chi connectivity index (χ0) is 13.1. The van der Waals surface area contributed by atoms with Gasteiger partial charge in [0.05, 0.1) is 22.1 Å². The Morgan fingerprint density at radius 2 is 2.17 bits per heavy atom. The van der Waals surface area contributed by atoms with Crippen molar-refractivity contribution >= 4 is 28.6 Å². The van der Waals surface area contributed by atoms with E-state index >= 15 is 0 Å². The molecule has 0 spiro atoms. The molecule has 1 aliphatic rings. The van der Waals surface area contributed by atoms with Crippen molar-refractivity contribution in [1.82, 2.24) is 9.97 Å². The number of nitrogens with zero attached hydrogens (tertiary/aromatic N) is 2. The Morgan fingerprint density at radius 1 is 1.44 bits per heavy atom. The number of likely N-dealkylation sites (N-methyl/N-ethyl adjacent to an activating group) is 1. The Labute approximate surface area is 105 Å². The number of carbonyl (C=O) groups is 1. The molecule has 1 aromatic heterocycles. The number of benzene rings is 1. The summed E-state index contributed by atoms with van der Waals surface area (Å²) in [7, 11) is 0. The molecule has 3 rings (SSSR count). The number of fused-ring (bicyclic) bond motifs is 2. The molecule has 0 atom stereocenters. The Morgan fingerprint density at radius 3 is 2.83 bits per heavy atom. The lowest BCUT2D eigenvalue weighted by Gasteiger charge is -2.18. The molecule has 94 valence electrons. The third-order valence-electron chi connectivity index (χ3n) is 3.68. The number of hydrogen-bond donors (Lipinski definition) is 2. The van der Waals surface area contributed by atoms with Gasteiger partial charge in [-0.3, -0.25) is 4.79 Å². The molecule has 0 radical (unpaired) electrons. The minimum Gasteiger partial charge on any atom is -0.369 e. The van der Waals surface area contributed by atoms with Crippen molar-refractivity contribution in [2.24, 2.45) is 0 Å². The van der Waals surface area contributed by atoms with Gasteiger partial charge in [-0.2, -0.15) is 0 Å². The number of amides is 1. The van der Waals surface area contributed by atoms with E-state index < -0.39 is 5.41 Å². The summed E-state index contributed by atoms with van der Waals surface area (Å²) in [6.45, 7) is 6.55. The molecule has 0 saturated carbocycles. The van der Waals surface area contributed by atoms with E-state index in [-0.39, 0.29) is 5.91 Å². The largest absolute Gasteiger partial charge is 0.369 e. The minimum absolute atomic E-state index is 0.139. The van der Waals surface area contributed by atoms with Crippen molar-refractivity contribution in [2.75, 3.05) is 17.2 Å². The lowest BCUT2D eigenvalue weighted by molar-refractivity contribution is -0.122. The fraction of sp³-hybridized carbons (Fsp3) is 0.385. The third-order valence-corrected chi connectivity index (χ3v) is 3.68. The average Bonchev–Trinajstić information content (AvgIpc) is 2.74. The summed E-state index contributed by atoms with van der Waals surface area (Å²) in [4.78, 5) is 21.4. The number of rotatable bonds is 1. The Balaban J connectivity index is 2.33. The molecule has 1 amide bonds. The van der Waals surface area contributed by atoms with Gasteiger partial charge in [0.25, 0.3) is 0 Å². The van der Waals surface area contributed by atoms with E-state index in [9.17, 15) is 4.79 Å². The highest BCUT2D eigenvalue weighted by atomic mass is 16.2. The van der Waals surface area contributed by atoms with Crippen molar-refractivity contribution in [3.05, 3.63) is 17.7 Å².